The zero-order valence-corrected chi connectivity index (χ0v) is 11.1. The van der Waals surface area contributed by atoms with Crippen molar-refractivity contribution in [2.45, 2.75) is 26.3 Å². The van der Waals surface area contributed by atoms with Gasteiger partial charge in [-0.05, 0) is 25.8 Å². The molecule has 0 N–H and O–H groups in total. The van der Waals surface area contributed by atoms with Gasteiger partial charge < -0.3 is 4.74 Å². The molecular formula is C15H18N2O2. The molecule has 100 valence electrons. The van der Waals surface area contributed by atoms with Crippen molar-refractivity contribution < 1.29 is 9.53 Å². The molecule has 2 heterocycles. The van der Waals surface area contributed by atoms with Crippen LogP contribution >= 0.6 is 0 Å². The molecule has 0 unspecified atom stereocenters. The van der Waals surface area contributed by atoms with Crippen LogP contribution in [0.15, 0.2) is 42.5 Å². The number of rotatable bonds is 2. The fraction of sp³-hybridized carbons (Fsp3) is 0.333. The van der Waals surface area contributed by atoms with Crippen LogP contribution in [0.5, 0.6) is 0 Å². The van der Waals surface area contributed by atoms with Crippen molar-refractivity contribution in [1.29, 1.82) is 0 Å². The van der Waals surface area contributed by atoms with E-state index in [9.17, 15) is 4.79 Å². The lowest BCUT2D eigenvalue weighted by Gasteiger charge is -1.96. The number of aromatic nitrogens is 2. The first-order valence-corrected chi connectivity index (χ1v) is 6.55. The van der Waals surface area contributed by atoms with Gasteiger partial charge in [0.05, 0.1) is 6.61 Å². The topological polar surface area (TPSA) is 44.1 Å². The molecule has 0 radical (unpaired) electrons. The largest absolute Gasteiger partial charge is 0.461 e. The lowest BCUT2D eigenvalue weighted by atomic mass is 10.3. The number of carbonyl (C=O) groups excluding carboxylic acids is 1. The number of hydrogen-bond donors (Lipinski definition) is 0. The summed E-state index contributed by atoms with van der Waals surface area (Å²) in [6.07, 6.45) is 2.15. The Kier molecular flexibility index (Phi) is 4.72. The van der Waals surface area contributed by atoms with Gasteiger partial charge >= 0.3 is 5.97 Å². The van der Waals surface area contributed by atoms with E-state index in [1.807, 2.05) is 47.1 Å². The molecule has 2 aromatic rings. The third-order valence-electron chi connectivity index (χ3n) is 2.82. The third-order valence-corrected chi connectivity index (χ3v) is 2.82. The van der Waals surface area contributed by atoms with E-state index in [4.69, 9.17) is 4.74 Å². The number of nitrogens with zero attached hydrogens (tertiary/aromatic N) is 2. The summed E-state index contributed by atoms with van der Waals surface area (Å²) in [6, 6.07) is 13.8. The highest BCUT2D eigenvalue weighted by Gasteiger charge is 2.18. The summed E-state index contributed by atoms with van der Waals surface area (Å²) in [5.74, 6) is -0.315. The van der Waals surface area contributed by atoms with Gasteiger partial charge in [0, 0.05) is 12.2 Å². The molecule has 1 aromatic carbocycles. The first kappa shape index (κ1) is 13.3. The molecule has 19 heavy (non-hydrogen) atoms. The second-order valence-corrected chi connectivity index (χ2v) is 4.22. The molecule has 0 fully saturated rings. The summed E-state index contributed by atoms with van der Waals surface area (Å²) in [5.41, 5.74) is 1.58. The average Bonchev–Trinajstić information content (AvgIpc) is 3.02. The maximum atomic E-state index is 11.3. The molecular weight excluding hydrogens is 240 g/mol. The van der Waals surface area contributed by atoms with Gasteiger partial charge in [0.25, 0.3) is 0 Å². The number of ether oxygens (including phenoxy) is 1. The molecule has 3 rings (SSSR count). The highest BCUT2D eigenvalue weighted by atomic mass is 16.5. The average molecular weight is 258 g/mol. The van der Waals surface area contributed by atoms with Crippen LogP contribution in [0.3, 0.4) is 0 Å². The van der Waals surface area contributed by atoms with E-state index in [-0.39, 0.29) is 5.97 Å². The van der Waals surface area contributed by atoms with E-state index in [0.717, 1.165) is 25.1 Å². The fourth-order valence-electron chi connectivity index (χ4n) is 1.95. The molecule has 4 heteroatoms. The molecule has 0 saturated carbocycles. The van der Waals surface area contributed by atoms with Gasteiger partial charge in [0.1, 0.15) is 0 Å². The molecule has 1 aromatic heterocycles. The lowest BCUT2D eigenvalue weighted by molar-refractivity contribution is 0.0518. The van der Waals surface area contributed by atoms with Gasteiger partial charge in [-0.25, -0.2) is 4.79 Å². The second-order valence-electron chi connectivity index (χ2n) is 4.22. The lowest BCUT2D eigenvalue weighted by Crippen LogP contribution is -2.06. The van der Waals surface area contributed by atoms with Crippen molar-refractivity contribution in [3.63, 3.8) is 0 Å². The highest BCUT2D eigenvalue weighted by Crippen LogP contribution is 2.15. The molecule has 1 aliphatic rings. The maximum Gasteiger partial charge on any atom is 0.358 e. The Hall–Kier alpha value is -2.10. The minimum absolute atomic E-state index is 0.315. The van der Waals surface area contributed by atoms with Gasteiger partial charge in [-0.1, -0.05) is 36.4 Å². The van der Waals surface area contributed by atoms with Crippen LogP contribution in [0.1, 0.15) is 29.5 Å². The molecule has 0 bridgehead atoms. The van der Waals surface area contributed by atoms with E-state index in [0.29, 0.717) is 12.3 Å². The Morgan fingerprint density at radius 3 is 2.42 bits per heavy atom. The highest BCUT2D eigenvalue weighted by molar-refractivity contribution is 5.87. The first-order chi connectivity index (χ1) is 9.31. The quantitative estimate of drug-likeness (QED) is 0.778. The van der Waals surface area contributed by atoms with Crippen molar-refractivity contribution in [2.75, 3.05) is 6.61 Å². The van der Waals surface area contributed by atoms with Crippen LogP contribution in [0, 0.1) is 0 Å². The minimum Gasteiger partial charge on any atom is -0.461 e. The van der Waals surface area contributed by atoms with E-state index >= 15 is 0 Å². The number of aryl methyl sites for hydroxylation is 2. The monoisotopic (exact) mass is 258 g/mol. The summed E-state index contributed by atoms with van der Waals surface area (Å²) < 4.78 is 6.73. The van der Waals surface area contributed by atoms with E-state index in [2.05, 4.69) is 5.10 Å². The summed E-state index contributed by atoms with van der Waals surface area (Å²) in [6.45, 7) is 3.12. The van der Waals surface area contributed by atoms with Crippen LogP contribution in [0.4, 0.5) is 0 Å². The molecule has 0 atom stereocenters. The normalized spacial score (nSPS) is 12.3. The standard InChI is InChI=1S/C9H12N2O2.C6H6/c1-2-13-9(12)8-6-7-4-3-5-11(7)10-8;1-2-4-6-5-3-1/h6H,2-5H2,1H3;1-6H. The van der Waals surface area contributed by atoms with Crippen LogP contribution in [0.25, 0.3) is 0 Å². The number of fused-ring (bicyclic) bond motifs is 1. The Morgan fingerprint density at radius 2 is 1.89 bits per heavy atom. The van der Waals surface area contributed by atoms with Crippen LogP contribution in [-0.4, -0.2) is 22.4 Å². The number of esters is 1. The minimum atomic E-state index is -0.315. The number of carbonyl (C=O) groups is 1. The van der Waals surface area contributed by atoms with Crippen LogP contribution in [0.2, 0.25) is 0 Å². The summed E-state index contributed by atoms with van der Waals surface area (Å²) >= 11 is 0. The van der Waals surface area contributed by atoms with Crippen molar-refractivity contribution in [1.82, 2.24) is 9.78 Å². The molecule has 0 saturated heterocycles. The van der Waals surface area contributed by atoms with Crippen molar-refractivity contribution in [3.8, 4) is 0 Å². The van der Waals surface area contributed by atoms with Crippen molar-refractivity contribution in [3.05, 3.63) is 53.9 Å². The van der Waals surface area contributed by atoms with Crippen molar-refractivity contribution in [2.24, 2.45) is 0 Å². The Bertz CT molecular complexity index is 472. The summed E-state index contributed by atoms with van der Waals surface area (Å²) in [4.78, 5) is 11.3. The maximum absolute atomic E-state index is 11.3. The van der Waals surface area contributed by atoms with Crippen LogP contribution < -0.4 is 0 Å². The second kappa shape index (κ2) is 6.73. The zero-order chi connectivity index (χ0) is 13.5. The Labute approximate surface area is 113 Å². The van der Waals surface area contributed by atoms with Gasteiger partial charge in [0.15, 0.2) is 5.69 Å². The summed E-state index contributed by atoms with van der Waals surface area (Å²) in [7, 11) is 0. The molecule has 0 aliphatic carbocycles. The number of hydrogen-bond acceptors (Lipinski definition) is 3. The predicted octanol–water partition coefficient (Wildman–Crippen LogP) is 2.69. The van der Waals surface area contributed by atoms with E-state index in [1.165, 1.54) is 0 Å². The van der Waals surface area contributed by atoms with Gasteiger partial charge in [-0.2, -0.15) is 5.10 Å². The molecule has 1 aliphatic heterocycles. The fourth-order valence-corrected chi connectivity index (χ4v) is 1.95. The third kappa shape index (κ3) is 3.68. The molecule has 0 spiro atoms. The van der Waals surface area contributed by atoms with Crippen molar-refractivity contribution >= 4 is 5.97 Å². The van der Waals surface area contributed by atoms with E-state index in [1.54, 1.807) is 6.92 Å². The van der Waals surface area contributed by atoms with E-state index < -0.39 is 0 Å². The predicted molar refractivity (Wildman–Crippen MR) is 72.9 cm³/mol. The molecule has 0 amide bonds. The Morgan fingerprint density at radius 1 is 1.26 bits per heavy atom. The number of benzene rings is 1. The smallest absolute Gasteiger partial charge is 0.358 e. The zero-order valence-electron chi connectivity index (χ0n) is 11.1. The summed E-state index contributed by atoms with van der Waals surface area (Å²) in [5, 5.41) is 4.15. The van der Waals surface area contributed by atoms with Gasteiger partial charge in [-0.15, -0.1) is 0 Å². The van der Waals surface area contributed by atoms with Gasteiger partial charge in [-0.3, -0.25) is 4.68 Å². The van der Waals surface area contributed by atoms with Crippen LogP contribution in [-0.2, 0) is 17.7 Å². The Balaban J connectivity index is 0.000000186. The molecule has 4 nitrogen and oxygen atoms in total. The first-order valence-electron chi connectivity index (χ1n) is 6.55. The SMILES string of the molecule is CCOC(=O)c1cc2n(n1)CCC2.c1ccccc1. The van der Waals surface area contributed by atoms with Gasteiger partial charge in [0.2, 0.25) is 0 Å².